The largest absolute Gasteiger partial charge is 0.453 e. The summed E-state index contributed by atoms with van der Waals surface area (Å²) in [5, 5.41) is 2.64. The molecule has 1 saturated heterocycles. The Morgan fingerprint density at radius 1 is 1.43 bits per heavy atom. The van der Waals surface area contributed by atoms with E-state index in [1.54, 1.807) is 11.1 Å². The number of aromatic amines is 1. The number of morpholine rings is 1. The number of hydrogen-bond acceptors (Lipinski definition) is 6. The number of nitrogens with zero attached hydrogens (tertiary/aromatic N) is 4. The van der Waals surface area contributed by atoms with Crippen LogP contribution in [-0.2, 0) is 20.7 Å². The summed E-state index contributed by atoms with van der Waals surface area (Å²) >= 11 is 0. The number of amides is 2. The summed E-state index contributed by atoms with van der Waals surface area (Å²) in [6.45, 7) is 4.82. The number of aryl methyl sites for hydroxylation is 1. The van der Waals surface area contributed by atoms with E-state index >= 15 is 0 Å². The average Bonchev–Trinajstić information content (AvgIpc) is 3.31. The molecule has 2 amide bonds. The van der Waals surface area contributed by atoms with E-state index in [2.05, 4.69) is 15.3 Å². The zero-order valence-electron chi connectivity index (χ0n) is 17.1. The van der Waals surface area contributed by atoms with Crippen molar-refractivity contribution in [3.8, 4) is 11.4 Å². The Bertz CT molecular complexity index is 1090. The number of nitrogens with one attached hydrogen (secondary N) is 2. The molecule has 1 unspecified atom stereocenters. The molecule has 158 valence electrons. The molecule has 1 aliphatic heterocycles. The van der Waals surface area contributed by atoms with Gasteiger partial charge in [0.1, 0.15) is 11.3 Å². The number of anilines is 1. The van der Waals surface area contributed by atoms with Crippen LogP contribution in [0.4, 0.5) is 10.7 Å². The molecule has 2 N–H and O–H groups in total. The zero-order chi connectivity index (χ0) is 21.3. The van der Waals surface area contributed by atoms with Gasteiger partial charge in [-0.25, -0.2) is 14.8 Å². The molecule has 10 heteroatoms. The van der Waals surface area contributed by atoms with Crippen LogP contribution in [0.15, 0.2) is 24.5 Å². The lowest BCUT2D eigenvalue weighted by atomic mass is 10.1. The number of rotatable bonds is 4. The Hall–Kier alpha value is -3.40. The van der Waals surface area contributed by atoms with Gasteiger partial charge in [-0.3, -0.25) is 10.1 Å². The van der Waals surface area contributed by atoms with Crippen LogP contribution in [-0.4, -0.2) is 69.2 Å². The minimum Gasteiger partial charge on any atom is -0.453 e. The van der Waals surface area contributed by atoms with Crippen LogP contribution in [0.3, 0.4) is 0 Å². The van der Waals surface area contributed by atoms with Gasteiger partial charge in [-0.1, -0.05) is 0 Å². The number of pyridine rings is 1. The van der Waals surface area contributed by atoms with E-state index in [-0.39, 0.29) is 18.1 Å². The fourth-order valence-corrected chi connectivity index (χ4v) is 3.63. The van der Waals surface area contributed by atoms with Gasteiger partial charge < -0.3 is 23.8 Å². The third-order valence-corrected chi connectivity index (χ3v) is 5.00. The summed E-state index contributed by atoms with van der Waals surface area (Å²) in [6.07, 6.45) is 3.61. The number of carbonyl (C=O) groups excluding carboxylic acids is 2. The predicted molar refractivity (Wildman–Crippen MR) is 109 cm³/mol. The molecule has 30 heavy (non-hydrogen) atoms. The molecule has 4 heterocycles. The van der Waals surface area contributed by atoms with Crippen LogP contribution in [0.25, 0.3) is 17.0 Å². The highest BCUT2D eigenvalue weighted by atomic mass is 16.5. The maximum atomic E-state index is 11.9. The van der Waals surface area contributed by atoms with Crippen LogP contribution < -0.4 is 5.32 Å². The summed E-state index contributed by atoms with van der Waals surface area (Å²) < 4.78 is 12.8. The Morgan fingerprint density at radius 2 is 2.27 bits per heavy atom. The highest BCUT2D eigenvalue weighted by molar-refractivity contribution is 5.87. The molecule has 0 aliphatic carbocycles. The summed E-state index contributed by atoms with van der Waals surface area (Å²) in [5.74, 6) is 0.155. The number of imidazole rings is 2. The molecule has 1 aliphatic rings. The molecule has 10 nitrogen and oxygen atoms in total. The maximum absolute atomic E-state index is 11.9. The lowest BCUT2D eigenvalue weighted by Gasteiger charge is -2.32. The second-order valence-electron chi connectivity index (χ2n) is 7.28. The number of ether oxygens (including phenoxy) is 2. The van der Waals surface area contributed by atoms with Crippen molar-refractivity contribution in [3.05, 3.63) is 35.8 Å². The SMILES string of the molecule is COC(=O)N1CCOC(Cc2c(-c3cnc(NC(C)=O)[nH]3)nc3cc(C)ccn23)C1. The van der Waals surface area contributed by atoms with Gasteiger partial charge in [0.2, 0.25) is 11.9 Å². The van der Waals surface area contributed by atoms with E-state index in [4.69, 9.17) is 14.5 Å². The van der Waals surface area contributed by atoms with Crippen molar-refractivity contribution < 1.29 is 19.1 Å². The highest BCUT2D eigenvalue weighted by Gasteiger charge is 2.27. The van der Waals surface area contributed by atoms with Crippen molar-refractivity contribution >= 4 is 23.6 Å². The number of methoxy groups -OCH3 is 1. The predicted octanol–water partition coefficient (Wildman–Crippen LogP) is 2.00. The summed E-state index contributed by atoms with van der Waals surface area (Å²) in [4.78, 5) is 37.0. The lowest BCUT2D eigenvalue weighted by Crippen LogP contribution is -2.46. The molecule has 0 bridgehead atoms. The summed E-state index contributed by atoms with van der Waals surface area (Å²) in [5.41, 5.74) is 4.25. The van der Waals surface area contributed by atoms with Gasteiger partial charge in [0.15, 0.2) is 0 Å². The minimum atomic E-state index is -0.356. The number of hydrogen-bond donors (Lipinski definition) is 2. The topological polar surface area (TPSA) is 114 Å². The van der Waals surface area contributed by atoms with Crippen LogP contribution in [0, 0.1) is 6.92 Å². The van der Waals surface area contributed by atoms with Crippen molar-refractivity contribution in [2.24, 2.45) is 0 Å². The fraction of sp³-hybridized carbons (Fsp3) is 0.400. The van der Waals surface area contributed by atoms with E-state index in [0.717, 1.165) is 22.6 Å². The first-order valence-electron chi connectivity index (χ1n) is 9.69. The van der Waals surface area contributed by atoms with Crippen LogP contribution in [0.2, 0.25) is 0 Å². The third kappa shape index (κ3) is 3.99. The Balaban J connectivity index is 1.69. The molecule has 0 spiro atoms. The van der Waals surface area contributed by atoms with Crippen molar-refractivity contribution in [1.82, 2.24) is 24.3 Å². The van der Waals surface area contributed by atoms with E-state index in [1.165, 1.54) is 14.0 Å². The molecule has 0 aromatic carbocycles. The molecule has 3 aromatic rings. The quantitative estimate of drug-likeness (QED) is 0.678. The van der Waals surface area contributed by atoms with Gasteiger partial charge in [-0.05, 0) is 24.6 Å². The third-order valence-electron chi connectivity index (χ3n) is 5.00. The molecule has 0 radical (unpaired) electrons. The van der Waals surface area contributed by atoms with Gasteiger partial charge in [0, 0.05) is 26.1 Å². The van der Waals surface area contributed by atoms with Gasteiger partial charge in [0.25, 0.3) is 0 Å². The minimum absolute atomic E-state index is 0.199. The number of fused-ring (bicyclic) bond motifs is 1. The summed E-state index contributed by atoms with van der Waals surface area (Å²) in [6, 6.07) is 4.01. The lowest BCUT2D eigenvalue weighted by molar-refractivity contribution is -0.114. The Morgan fingerprint density at radius 3 is 3.03 bits per heavy atom. The van der Waals surface area contributed by atoms with E-state index in [9.17, 15) is 9.59 Å². The van der Waals surface area contributed by atoms with Crippen molar-refractivity contribution in [2.75, 3.05) is 32.1 Å². The number of aromatic nitrogens is 4. The second-order valence-corrected chi connectivity index (χ2v) is 7.28. The molecular weight excluding hydrogens is 388 g/mol. The highest BCUT2D eigenvalue weighted by Crippen LogP contribution is 2.27. The zero-order valence-corrected chi connectivity index (χ0v) is 17.1. The summed E-state index contributed by atoms with van der Waals surface area (Å²) in [7, 11) is 1.38. The van der Waals surface area contributed by atoms with Gasteiger partial charge in [-0.2, -0.15) is 0 Å². The van der Waals surface area contributed by atoms with E-state index < -0.39 is 0 Å². The monoisotopic (exact) mass is 412 g/mol. The average molecular weight is 412 g/mol. The molecule has 3 aromatic heterocycles. The van der Waals surface area contributed by atoms with Crippen molar-refractivity contribution in [2.45, 2.75) is 26.4 Å². The standard InChI is InChI=1S/C20H24N6O4/c1-12-4-5-26-16(9-14-11-25(6-7-30-14)20(28)29-3)18(24-17(26)8-12)15-10-21-19(23-15)22-13(2)27/h4-5,8,10,14H,6-7,9,11H2,1-3H3,(H2,21,22,23,27). The van der Waals surface area contributed by atoms with E-state index in [1.807, 2.05) is 29.7 Å². The normalized spacial score (nSPS) is 16.6. The maximum Gasteiger partial charge on any atom is 0.409 e. The molecular formula is C20H24N6O4. The van der Waals surface area contributed by atoms with Crippen LogP contribution in [0.5, 0.6) is 0 Å². The van der Waals surface area contributed by atoms with Gasteiger partial charge >= 0.3 is 6.09 Å². The van der Waals surface area contributed by atoms with E-state index in [0.29, 0.717) is 37.8 Å². The first-order valence-corrected chi connectivity index (χ1v) is 9.69. The fourth-order valence-electron chi connectivity index (χ4n) is 3.63. The van der Waals surface area contributed by atoms with Crippen LogP contribution >= 0.6 is 0 Å². The Kier molecular flexibility index (Phi) is 5.40. The van der Waals surface area contributed by atoms with Crippen molar-refractivity contribution in [1.29, 1.82) is 0 Å². The molecule has 1 fully saturated rings. The van der Waals surface area contributed by atoms with Crippen molar-refractivity contribution in [3.63, 3.8) is 0 Å². The molecule has 0 saturated carbocycles. The number of carbonyl (C=O) groups is 2. The Labute approximate surface area is 173 Å². The second kappa shape index (κ2) is 8.15. The first kappa shape index (κ1) is 19.9. The molecule has 1 atom stereocenters. The van der Waals surface area contributed by atoms with Gasteiger partial charge in [-0.15, -0.1) is 0 Å². The molecule has 4 rings (SSSR count). The van der Waals surface area contributed by atoms with Crippen LogP contribution in [0.1, 0.15) is 18.2 Å². The number of H-pyrrole nitrogens is 1. The first-order chi connectivity index (χ1) is 14.4. The smallest absolute Gasteiger partial charge is 0.409 e. The van der Waals surface area contributed by atoms with Gasteiger partial charge in [0.05, 0.1) is 44.0 Å².